The first-order valence-corrected chi connectivity index (χ1v) is 6.41. The van der Waals surface area contributed by atoms with Gasteiger partial charge in [-0.3, -0.25) is 9.78 Å². The number of hydrogen-bond acceptors (Lipinski definition) is 2. The fourth-order valence-electron chi connectivity index (χ4n) is 1.79. The van der Waals surface area contributed by atoms with E-state index >= 15 is 0 Å². The number of halogens is 4. The van der Waals surface area contributed by atoms with E-state index < -0.39 is 11.7 Å². The smallest absolute Gasteiger partial charge is 0.289 e. The second kappa shape index (κ2) is 5.36. The molecule has 0 unspecified atom stereocenters. The van der Waals surface area contributed by atoms with E-state index in [-0.39, 0.29) is 16.9 Å². The fraction of sp³-hybridized carbons (Fsp3) is 0.143. The highest BCUT2D eigenvalue weighted by molar-refractivity contribution is 9.10. The maximum absolute atomic E-state index is 12.6. The van der Waals surface area contributed by atoms with Gasteiger partial charge in [0.15, 0.2) is 5.78 Å². The van der Waals surface area contributed by atoms with Gasteiger partial charge in [0, 0.05) is 28.0 Å². The molecule has 0 aliphatic rings. The Bertz CT molecular complexity index is 668. The minimum Gasteiger partial charge on any atom is -0.289 e. The third-order valence-corrected chi connectivity index (χ3v) is 3.20. The Hall–Kier alpha value is -1.69. The Kier molecular flexibility index (Phi) is 3.94. The van der Waals surface area contributed by atoms with Crippen LogP contribution in [-0.4, -0.2) is 10.8 Å². The molecule has 0 fully saturated rings. The van der Waals surface area contributed by atoms with Crippen molar-refractivity contribution in [3.63, 3.8) is 0 Å². The van der Waals surface area contributed by atoms with E-state index in [2.05, 4.69) is 20.9 Å². The molecule has 0 N–H and O–H groups in total. The number of alkyl halides is 3. The molecule has 0 saturated heterocycles. The molecule has 20 heavy (non-hydrogen) atoms. The van der Waals surface area contributed by atoms with Gasteiger partial charge in [0.05, 0.1) is 5.56 Å². The minimum atomic E-state index is -4.41. The quantitative estimate of drug-likeness (QED) is 0.756. The Morgan fingerprint density at radius 2 is 1.90 bits per heavy atom. The molecule has 0 aliphatic heterocycles. The van der Waals surface area contributed by atoms with Crippen LogP contribution in [0.1, 0.15) is 27.0 Å². The first-order chi connectivity index (χ1) is 9.29. The average Bonchev–Trinajstić information content (AvgIpc) is 2.36. The average molecular weight is 344 g/mol. The van der Waals surface area contributed by atoms with Crippen LogP contribution in [0.4, 0.5) is 13.2 Å². The van der Waals surface area contributed by atoms with Crippen molar-refractivity contribution in [3.05, 3.63) is 63.4 Å². The molecule has 1 aromatic heterocycles. The van der Waals surface area contributed by atoms with Crippen LogP contribution in [0.25, 0.3) is 0 Å². The van der Waals surface area contributed by atoms with Crippen LogP contribution in [-0.2, 0) is 6.18 Å². The topological polar surface area (TPSA) is 30.0 Å². The largest absolute Gasteiger partial charge is 0.416 e. The van der Waals surface area contributed by atoms with Crippen molar-refractivity contribution in [2.24, 2.45) is 0 Å². The molecule has 0 spiro atoms. The van der Waals surface area contributed by atoms with Gasteiger partial charge in [0.1, 0.15) is 0 Å². The number of ketones is 1. The molecule has 6 heteroatoms. The molecule has 0 radical (unpaired) electrons. The SMILES string of the molecule is Cc1cc(C(F)(F)F)ccc1C(=O)c1cncc(Br)c1. The summed E-state index contributed by atoms with van der Waals surface area (Å²) < 4.78 is 38.4. The lowest BCUT2D eigenvalue weighted by atomic mass is 9.98. The van der Waals surface area contributed by atoms with Crippen LogP contribution in [0, 0.1) is 6.92 Å². The number of benzene rings is 1. The van der Waals surface area contributed by atoms with Gasteiger partial charge in [0.2, 0.25) is 0 Å². The first kappa shape index (κ1) is 14.7. The molecule has 1 heterocycles. The van der Waals surface area contributed by atoms with Gasteiger partial charge in [-0.05, 0) is 46.6 Å². The molecule has 2 rings (SSSR count). The van der Waals surface area contributed by atoms with Crippen LogP contribution in [0.5, 0.6) is 0 Å². The monoisotopic (exact) mass is 343 g/mol. The summed E-state index contributed by atoms with van der Waals surface area (Å²) in [6.07, 6.45) is -1.51. The van der Waals surface area contributed by atoms with Gasteiger partial charge in [-0.1, -0.05) is 6.07 Å². The standard InChI is InChI=1S/C14H9BrF3NO/c1-8-4-10(14(16,17)18)2-3-12(8)13(20)9-5-11(15)7-19-6-9/h2-7H,1H3. The van der Waals surface area contributed by atoms with E-state index in [0.29, 0.717) is 10.0 Å². The number of aryl methyl sites for hydroxylation is 1. The van der Waals surface area contributed by atoms with Crippen LogP contribution < -0.4 is 0 Å². The summed E-state index contributed by atoms with van der Waals surface area (Å²) >= 11 is 3.20. The predicted molar refractivity (Wildman–Crippen MR) is 71.6 cm³/mol. The maximum atomic E-state index is 12.6. The summed E-state index contributed by atoms with van der Waals surface area (Å²) in [4.78, 5) is 16.1. The van der Waals surface area contributed by atoms with E-state index in [9.17, 15) is 18.0 Å². The summed E-state index contributed by atoms with van der Waals surface area (Å²) in [5.41, 5.74) is 0.0730. The van der Waals surface area contributed by atoms with Gasteiger partial charge in [0.25, 0.3) is 0 Å². The molecular weight excluding hydrogens is 335 g/mol. The second-order valence-corrected chi connectivity index (χ2v) is 5.16. The molecule has 0 saturated carbocycles. The van der Waals surface area contributed by atoms with Crippen molar-refractivity contribution in [3.8, 4) is 0 Å². The highest BCUT2D eigenvalue weighted by Gasteiger charge is 2.31. The zero-order valence-corrected chi connectivity index (χ0v) is 11.9. The Morgan fingerprint density at radius 1 is 1.20 bits per heavy atom. The van der Waals surface area contributed by atoms with Gasteiger partial charge >= 0.3 is 6.18 Å². The van der Waals surface area contributed by atoms with E-state index in [4.69, 9.17) is 0 Å². The maximum Gasteiger partial charge on any atom is 0.416 e. The number of nitrogens with zero attached hydrogens (tertiary/aromatic N) is 1. The van der Waals surface area contributed by atoms with Crippen molar-refractivity contribution in [2.45, 2.75) is 13.1 Å². The van der Waals surface area contributed by atoms with E-state index in [1.807, 2.05) is 0 Å². The number of pyridine rings is 1. The summed E-state index contributed by atoms with van der Waals surface area (Å²) in [6.45, 7) is 1.48. The number of carbonyl (C=O) groups is 1. The van der Waals surface area contributed by atoms with Crippen molar-refractivity contribution < 1.29 is 18.0 Å². The third kappa shape index (κ3) is 3.07. The van der Waals surface area contributed by atoms with Gasteiger partial charge in [-0.2, -0.15) is 13.2 Å². The second-order valence-electron chi connectivity index (χ2n) is 4.25. The Labute approximate surface area is 121 Å². The fourth-order valence-corrected chi connectivity index (χ4v) is 2.15. The lowest BCUT2D eigenvalue weighted by Gasteiger charge is -2.10. The highest BCUT2D eigenvalue weighted by atomic mass is 79.9. The van der Waals surface area contributed by atoms with Crippen molar-refractivity contribution >= 4 is 21.7 Å². The van der Waals surface area contributed by atoms with Crippen molar-refractivity contribution in [1.29, 1.82) is 0 Å². The minimum absolute atomic E-state index is 0.234. The van der Waals surface area contributed by atoms with Crippen LogP contribution >= 0.6 is 15.9 Å². The molecule has 1 aromatic carbocycles. The summed E-state index contributed by atoms with van der Waals surface area (Å²) in [5, 5.41) is 0. The third-order valence-electron chi connectivity index (χ3n) is 2.77. The summed E-state index contributed by atoms with van der Waals surface area (Å²) in [6, 6.07) is 4.65. The molecule has 0 bridgehead atoms. The van der Waals surface area contributed by atoms with Crippen molar-refractivity contribution in [1.82, 2.24) is 4.98 Å². The molecular formula is C14H9BrF3NO. The summed E-state index contributed by atoms with van der Waals surface area (Å²) in [7, 11) is 0. The lowest BCUT2D eigenvalue weighted by molar-refractivity contribution is -0.137. The molecule has 0 amide bonds. The molecule has 0 atom stereocenters. The molecule has 0 aliphatic carbocycles. The number of hydrogen-bond donors (Lipinski definition) is 0. The lowest BCUT2D eigenvalue weighted by Crippen LogP contribution is -2.09. The van der Waals surface area contributed by atoms with E-state index in [1.54, 1.807) is 6.07 Å². The number of rotatable bonds is 2. The summed E-state index contributed by atoms with van der Waals surface area (Å²) in [5.74, 6) is -0.356. The van der Waals surface area contributed by atoms with Gasteiger partial charge < -0.3 is 0 Å². The Balaban J connectivity index is 2.41. The normalized spacial score (nSPS) is 11.4. The van der Waals surface area contributed by atoms with Gasteiger partial charge in [-0.25, -0.2) is 0 Å². The zero-order valence-electron chi connectivity index (χ0n) is 10.3. The number of aromatic nitrogens is 1. The Morgan fingerprint density at radius 3 is 2.45 bits per heavy atom. The van der Waals surface area contributed by atoms with E-state index in [1.165, 1.54) is 25.4 Å². The first-order valence-electron chi connectivity index (χ1n) is 5.62. The van der Waals surface area contributed by atoms with Crippen LogP contribution in [0.3, 0.4) is 0 Å². The van der Waals surface area contributed by atoms with Crippen LogP contribution in [0.15, 0.2) is 41.1 Å². The number of carbonyl (C=O) groups excluding carboxylic acids is 1. The molecule has 2 nitrogen and oxygen atoms in total. The molecule has 2 aromatic rings. The van der Waals surface area contributed by atoms with Gasteiger partial charge in [-0.15, -0.1) is 0 Å². The van der Waals surface area contributed by atoms with Crippen molar-refractivity contribution in [2.75, 3.05) is 0 Å². The highest BCUT2D eigenvalue weighted by Crippen LogP contribution is 2.30. The predicted octanol–water partition coefficient (Wildman–Crippen LogP) is 4.40. The molecule has 104 valence electrons. The van der Waals surface area contributed by atoms with Crippen LogP contribution in [0.2, 0.25) is 0 Å². The van der Waals surface area contributed by atoms with E-state index in [0.717, 1.165) is 12.1 Å². The zero-order chi connectivity index (χ0) is 14.9.